The molecule has 8 aromatic rings. The molecule has 1 aliphatic heterocycles. The van der Waals surface area contributed by atoms with Gasteiger partial charge in [-0.3, -0.25) is 4.90 Å². The molecule has 206 valence electrons. The third-order valence-electron chi connectivity index (χ3n) is 8.23. The van der Waals surface area contributed by atoms with Gasteiger partial charge >= 0.3 is 0 Å². The van der Waals surface area contributed by atoms with Crippen LogP contribution in [0.5, 0.6) is 0 Å². The summed E-state index contributed by atoms with van der Waals surface area (Å²) in [5.41, 5.74) is 5.81. The Balaban J connectivity index is 1.39. The summed E-state index contributed by atoms with van der Waals surface area (Å²) in [4.78, 5) is 17.7. The number of fused-ring (bicyclic) bond motifs is 6. The van der Waals surface area contributed by atoms with Crippen LogP contribution in [0.1, 0.15) is 0 Å². The van der Waals surface area contributed by atoms with E-state index in [1.807, 2.05) is 59.1 Å². The summed E-state index contributed by atoms with van der Waals surface area (Å²) >= 11 is 3.62. The van der Waals surface area contributed by atoms with Crippen molar-refractivity contribution >= 4 is 81.9 Å². The molecule has 4 heterocycles. The van der Waals surface area contributed by atoms with Crippen molar-refractivity contribution in [1.82, 2.24) is 15.0 Å². The normalized spacial score (nSPS) is 12.5. The maximum absolute atomic E-state index is 5.21. The molecule has 7 heteroatoms. The Morgan fingerprint density at radius 2 is 0.886 bits per heavy atom. The van der Waals surface area contributed by atoms with Gasteiger partial charge in [0.05, 0.1) is 10.0 Å². The molecule has 0 unspecified atom stereocenters. The zero-order valence-electron chi connectivity index (χ0n) is 23.5. The van der Waals surface area contributed by atoms with Gasteiger partial charge in [-0.15, -0.1) is 22.7 Å². The average molecular weight is 599 g/mol. The van der Waals surface area contributed by atoms with Crippen molar-refractivity contribution in [3.05, 3.63) is 140 Å². The Kier molecular flexibility index (Phi) is 5.92. The quantitative estimate of drug-likeness (QED) is 0.193. The first kappa shape index (κ1) is 25.4. The summed E-state index contributed by atoms with van der Waals surface area (Å²) in [5.74, 6) is 1.94. The molecule has 4 nitrogen and oxygen atoms in total. The molecule has 0 radical (unpaired) electrons. The van der Waals surface area contributed by atoms with Crippen LogP contribution in [-0.4, -0.2) is 21.7 Å². The minimum Gasteiger partial charge on any atom is -0.261 e. The van der Waals surface area contributed by atoms with Gasteiger partial charge in [-0.25, -0.2) is 4.98 Å². The Bertz CT molecular complexity index is 2160. The van der Waals surface area contributed by atoms with Crippen LogP contribution in [-0.2, 0) is 0 Å². The van der Waals surface area contributed by atoms with Gasteiger partial charge in [0.15, 0.2) is 11.6 Å². The van der Waals surface area contributed by atoms with Crippen LogP contribution < -0.4 is 21.3 Å². The highest BCUT2D eigenvalue weighted by molar-refractivity contribution is 7.30. The molecule has 1 aliphatic rings. The molecule has 0 aliphatic carbocycles. The fraction of sp³-hybridized carbons (Fsp3) is 0. The number of anilines is 3. The molecule has 0 fully saturated rings. The molecular formula is C37H23BN4S2. The molecule has 9 rings (SSSR count). The summed E-state index contributed by atoms with van der Waals surface area (Å²) in [6.07, 6.45) is 0. The van der Waals surface area contributed by atoms with Crippen LogP contribution in [0.3, 0.4) is 0 Å². The van der Waals surface area contributed by atoms with Gasteiger partial charge in [0.1, 0.15) is 0 Å². The molecule has 0 spiro atoms. The van der Waals surface area contributed by atoms with Crippen LogP contribution in [0.2, 0.25) is 0 Å². The van der Waals surface area contributed by atoms with E-state index in [0.717, 1.165) is 21.1 Å². The molecular weight excluding hydrogens is 575 g/mol. The van der Waals surface area contributed by atoms with Crippen molar-refractivity contribution < 1.29 is 0 Å². The predicted octanol–water partition coefficient (Wildman–Crippen LogP) is 7.93. The highest BCUT2D eigenvalue weighted by Crippen LogP contribution is 2.46. The first-order chi connectivity index (χ1) is 21.8. The monoisotopic (exact) mass is 598 g/mol. The van der Waals surface area contributed by atoms with Crippen LogP contribution >= 0.6 is 22.7 Å². The Labute approximate surface area is 263 Å². The lowest BCUT2D eigenvalue weighted by Crippen LogP contribution is -2.56. The first-order valence-corrected chi connectivity index (χ1v) is 16.2. The maximum atomic E-state index is 5.21. The predicted molar refractivity (Wildman–Crippen MR) is 187 cm³/mol. The van der Waals surface area contributed by atoms with Gasteiger partial charge in [0.2, 0.25) is 5.95 Å². The smallest absolute Gasteiger partial charge is 0.250 e. The summed E-state index contributed by atoms with van der Waals surface area (Å²) in [5, 5.41) is 4.85. The van der Waals surface area contributed by atoms with Crippen molar-refractivity contribution in [2.75, 3.05) is 4.90 Å². The second-order valence-electron chi connectivity index (χ2n) is 10.8. The van der Waals surface area contributed by atoms with Gasteiger partial charge < -0.3 is 0 Å². The minimum atomic E-state index is 0.0776. The number of nitrogens with zero attached hydrogens (tertiary/aromatic N) is 4. The SMILES string of the molecule is c1ccc(B2c3c(sc4ccccc34)N(c3nc(-c4ccccc4)nc(-c4ccccc4)n3)c3sc4ccccc4c32)cc1. The van der Waals surface area contributed by atoms with E-state index in [4.69, 9.17) is 15.0 Å². The van der Waals surface area contributed by atoms with Gasteiger partial charge in [-0.05, 0) is 33.8 Å². The molecule has 44 heavy (non-hydrogen) atoms. The first-order valence-electron chi connectivity index (χ1n) is 14.6. The maximum Gasteiger partial charge on any atom is 0.250 e. The fourth-order valence-corrected chi connectivity index (χ4v) is 8.84. The number of hydrogen-bond acceptors (Lipinski definition) is 6. The lowest BCUT2D eigenvalue weighted by Gasteiger charge is -2.31. The summed E-state index contributed by atoms with van der Waals surface area (Å²) in [7, 11) is 0. The molecule has 0 saturated heterocycles. The second-order valence-corrected chi connectivity index (χ2v) is 12.9. The molecule has 0 saturated carbocycles. The molecule has 5 aromatic carbocycles. The fourth-order valence-electron chi connectivity index (χ4n) is 6.29. The highest BCUT2D eigenvalue weighted by atomic mass is 32.1. The van der Waals surface area contributed by atoms with Crippen LogP contribution in [0.4, 0.5) is 16.0 Å². The minimum absolute atomic E-state index is 0.0776. The molecule has 0 atom stereocenters. The van der Waals surface area contributed by atoms with E-state index in [0.29, 0.717) is 17.6 Å². The largest absolute Gasteiger partial charge is 0.261 e. The van der Waals surface area contributed by atoms with Crippen molar-refractivity contribution in [3.8, 4) is 22.8 Å². The van der Waals surface area contributed by atoms with E-state index in [2.05, 4.69) is 108 Å². The molecule has 0 amide bonds. The van der Waals surface area contributed by atoms with Gasteiger partial charge in [0.25, 0.3) is 6.71 Å². The van der Waals surface area contributed by atoms with E-state index in [9.17, 15) is 0 Å². The van der Waals surface area contributed by atoms with E-state index in [1.54, 1.807) is 0 Å². The Hall–Kier alpha value is -5.11. The van der Waals surface area contributed by atoms with Crippen LogP contribution in [0, 0.1) is 0 Å². The van der Waals surface area contributed by atoms with E-state index < -0.39 is 0 Å². The second kappa shape index (κ2) is 10.3. The third-order valence-corrected chi connectivity index (χ3v) is 10.6. The zero-order chi connectivity index (χ0) is 29.0. The Morgan fingerprint density at radius 3 is 1.39 bits per heavy atom. The highest BCUT2D eigenvalue weighted by Gasteiger charge is 2.41. The van der Waals surface area contributed by atoms with E-state index in [1.165, 1.54) is 36.6 Å². The molecule has 3 aromatic heterocycles. The van der Waals surface area contributed by atoms with Gasteiger partial charge in [-0.2, -0.15) is 9.97 Å². The number of benzene rings is 5. The van der Waals surface area contributed by atoms with E-state index in [-0.39, 0.29) is 6.71 Å². The van der Waals surface area contributed by atoms with Crippen molar-refractivity contribution in [2.24, 2.45) is 0 Å². The van der Waals surface area contributed by atoms with Gasteiger partial charge in [0, 0.05) is 20.5 Å². The summed E-state index contributed by atoms with van der Waals surface area (Å²) in [6, 6.07) is 48.8. The number of rotatable bonds is 4. The van der Waals surface area contributed by atoms with Crippen molar-refractivity contribution in [1.29, 1.82) is 0 Å². The van der Waals surface area contributed by atoms with Crippen LogP contribution in [0.15, 0.2) is 140 Å². The number of thiophene rings is 2. The Morgan fingerprint density at radius 1 is 0.455 bits per heavy atom. The standard InChI is InChI=1S/C37H23BN4S2/c1-4-14-24(15-5-1)33-39-34(25-16-6-2-7-17-25)41-37(40-33)42-35-31(27-20-10-12-22-29(27)43-35)38(26-18-8-3-9-19-26)32-28-21-11-13-23-30(28)44-36(32)42/h1-23H. The van der Waals surface area contributed by atoms with Gasteiger partial charge in [-0.1, -0.05) is 133 Å². The number of hydrogen-bond donors (Lipinski definition) is 0. The lowest BCUT2D eigenvalue weighted by atomic mass is 9.35. The molecule has 0 bridgehead atoms. The summed E-state index contributed by atoms with van der Waals surface area (Å²) in [6.45, 7) is 0.0776. The zero-order valence-corrected chi connectivity index (χ0v) is 25.1. The molecule has 0 N–H and O–H groups in total. The average Bonchev–Trinajstić information content (AvgIpc) is 3.67. The van der Waals surface area contributed by atoms with Crippen LogP contribution in [0.25, 0.3) is 42.9 Å². The topological polar surface area (TPSA) is 41.9 Å². The third kappa shape index (κ3) is 4.01. The van der Waals surface area contributed by atoms with E-state index >= 15 is 0 Å². The van der Waals surface area contributed by atoms with Crippen molar-refractivity contribution in [2.45, 2.75) is 0 Å². The lowest BCUT2D eigenvalue weighted by molar-refractivity contribution is 1.03. The van der Waals surface area contributed by atoms with Crippen molar-refractivity contribution in [3.63, 3.8) is 0 Å². The summed E-state index contributed by atoms with van der Waals surface area (Å²) < 4.78 is 2.51. The number of aromatic nitrogens is 3.